The zero-order valence-corrected chi connectivity index (χ0v) is 17.9. The summed E-state index contributed by atoms with van der Waals surface area (Å²) in [5.41, 5.74) is 1.45. The number of anilines is 1. The number of hydrogen-bond donors (Lipinski definition) is 0. The van der Waals surface area contributed by atoms with E-state index in [-0.39, 0.29) is 30.7 Å². The highest BCUT2D eigenvalue weighted by Crippen LogP contribution is 2.27. The third-order valence-electron chi connectivity index (χ3n) is 5.82. The third-order valence-corrected chi connectivity index (χ3v) is 5.82. The molecule has 8 nitrogen and oxygen atoms in total. The van der Waals surface area contributed by atoms with Crippen molar-refractivity contribution >= 4 is 29.4 Å². The molecule has 2 fully saturated rings. The predicted molar refractivity (Wildman–Crippen MR) is 117 cm³/mol. The summed E-state index contributed by atoms with van der Waals surface area (Å²) in [5, 5.41) is 0. The first-order valence-electron chi connectivity index (χ1n) is 10.7. The number of nitrogens with zero attached hydrogens (tertiary/aromatic N) is 3. The van der Waals surface area contributed by atoms with Gasteiger partial charge in [-0.05, 0) is 43.3 Å². The second-order valence-electron chi connectivity index (χ2n) is 7.75. The summed E-state index contributed by atoms with van der Waals surface area (Å²) in [4.78, 5) is 55.1. The van der Waals surface area contributed by atoms with Gasteiger partial charge in [0.05, 0.1) is 30.3 Å². The van der Waals surface area contributed by atoms with E-state index in [1.165, 1.54) is 4.90 Å². The largest absolute Gasteiger partial charge is 0.462 e. The van der Waals surface area contributed by atoms with E-state index in [2.05, 4.69) is 0 Å². The number of carbonyl (C=O) groups is 4. The Kier molecular flexibility index (Phi) is 6.32. The van der Waals surface area contributed by atoms with E-state index in [9.17, 15) is 19.2 Å². The lowest BCUT2D eigenvalue weighted by atomic mass is 10.1. The van der Waals surface area contributed by atoms with Gasteiger partial charge < -0.3 is 9.64 Å². The van der Waals surface area contributed by atoms with Crippen molar-refractivity contribution in [2.75, 3.05) is 37.7 Å². The van der Waals surface area contributed by atoms with Crippen molar-refractivity contribution < 1.29 is 23.9 Å². The fraction of sp³-hybridized carbons (Fsp3) is 0.333. The maximum atomic E-state index is 13.1. The van der Waals surface area contributed by atoms with Crippen LogP contribution in [0.4, 0.5) is 5.69 Å². The number of hydrogen-bond acceptors (Lipinski definition) is 6. The molecule has 0 bridgehead atoms. The Morgan fingerprint density at radius 2 is 1.56 bits per heavy atom. The molecule has 2 saturated heterocycles. The molecule has 2 heterocycles. The standard InChI is InChI=1S/C24H25N3O5/c1-2-32-24(31)18-8-10-19(11-9-18)27-21(28)16-20(23(27)30)25-12-14-26(15-13-25)22(29)17-6-4-3-5-7-17/h3-11,20H,2,12-16H2,1H3/t20-/m1/s1. The summed E-state index contributed by atoms with van der Waals surface area (Å²) in [7, 11) is 0. The van der Waals surface area contributed by atoms with E-state index in [4.69, 9.17) is 4.74 Å². The lowest BCUT2D eigenvalue weighted by Gasteiger charge is -2.37. The quantitative estimate of drug-likeness (QED) is 0.527. The number of rotatable bonds is 5. The predicted octanol–water partition coefficient (Wildman–Crippen LogP) is 1.95. The average Bonchev–Trinajstić information content (AvgIpc) is 3.13. The van der Waals surface area contributed by atoms with E-state index >= 15 is 0 Å². The minimum absolute atomic E-state index is 0.0256. The van der Waals surface area contributed by atoms with Gasteiger partial charge in [0.15, 0.2) is 0 Å². The van der Waals surface area contributed by atoms with Crippen LogP contribution in [-0.2, 0) is 14.3 Å². The highest BCUT2D eigenvalue weighted by Gasteiger charge is 2.43. The van der Waals surface area contributed by atoms with Gasteiger partial charge in [-0.2, -0.15) is 0 Å². The number of benzene rings is 2. The highest BCUT2D eigenvalue weighted by atomic mass is 16.5. The topological polar surface area (TPSA) is 87.2 Å². The van der Waals surface area contributed by atoms with Gasteiger partial charge in [0.2, 0.25) is 5.91 Å². The van der Waals surface area contributed by atoms with Crippen molar-refractivity contribution in [3.63, 3.8) is 0 Å². The molecule has 0 radical (unpaired) electrons. The van der Waals surface area contributed by atoms with Gasteiger partial charge in [-0.3, -0.25) is 19.3 Å². The van der Waals surface area contributed by atoms with Crippen molar-refractivity contribution in [1.82, 2.24) is 9.80 Å². The molecule has 32 heavy (non-hydrogen) atoms. The Hall–Kier alpha value is -3.52. The lowest BCUT2D eigenvalue weighted by molar-refractivity contribution is -0.123. The van der Waals surface area contributed by atoms with Crippen molar-refractivity contribution in [2.24, 2.45) is 0 Å². The van der Waals surface area contributed by atoms with E-state index in [0.29, 0.717) is 43.0 Å². The molecule has 2 aromatic carbocycles. The third kappa shape index (κ3) is 4.27. The maximum absolute atomic E-state index is 13.1. The second-order valence-corrected chi connectivity index (χ2v) is 7.75. The number of piperazine rings is 1. The molecule has 0 aliphatic carbocycles. The molecule has 2 aromatic rings. The molecule has 0 spiro atoms. The van der Waals surface area contributed by atoms with Crippen LogP contribution in [0.25, 0.3) is 0 Å². The van der Waals surface area contributed by atoms with Gasteiger partial charge in [-0.15, -0.1) is 0 Å². The molecule has 0 saturated carbocycles. The van der Waals surface area contributed by atoms with E-state index in [0.717, 1.165) is 0 Å². The summed E-state index contributed by atoms with van der Waals surface area (Å²) >= 11 is 0. The zero-order valence-electron chi connectivity index (χ0n) is 17.9. The van der Waals surface area contributed by atoms with Crippen LogP contribution in [0.15, 0.2) is 54.6 Å². The van der Waals surface area contributed by atoms with Gasteiger partial charge in [0.25, 0.3) is 11.8 Å². The normalized spacial score (nSPS) is 19.3. The average molecular weight is 435 g/mol. The van der Waals surface area contributed by atoms with Crippen molar-refractivity contribution in [1.29, 1.82) is 0 Å². The molecule has 1 atom stereocenters. The Bertz CT molecular complexity index is 1010. The number of imide groups is 1. The SMILES string of the molecule is CCOC(=O)c1ccc(N2C(=O)C[C@@H](N3CCN(C(=O)c4ccccc4)CC3)C2=O)cc1. The molecule has 3 amide bonds. The monoisotopic (exact) mass is 435 g/mol. The van der Waals surface area contributed by atoms with Crippen LogP contribution in [0.3, 0.4) is 0 Å². The van der Waals surface area contributed by atoms with Crippen LogP contribution >= 0.6 is 0 Å². The number of ether oxygens (including phenoxy) is 1. The van der Waals surface area contributed by atoms with Crippen LogP contribution in [0.1, 0.15) is 34.1 Å². The van der Waals surface area contributed by atoms with Crippen LogP contribution in [0.5, 0.6) is 0 Å². The molecule has 2 aliphatic rings. The molecule has 166 valence electrons. The van der Waals surface area contributed by atoms with Crippen molar-refractivity contribution in [2.45, 2.75) is 19.4 Å². The Balaban J connectivity index is 1.39. The molecular formula is C24H25N3O5. The van der Waals surface area contributed by atoms with E-state index < -0.39 is 12.0 Å². The van der Waals surface area contributed by atoms with Crippen LogP contribution in [-0.4, -0.2) is 72.3 Å². The van der Waals surface area contributed by atoms with Crippen LogP contribution in [0, 0.1) is 0 Å². The van der Waals surface area contributed by atoms with Crippen molar-refractivity contribution in [3.05, 3.63) is 65.7 Å². The van der Waals surface area contributed by atoms with Crippen LogP contribution < -0.4 is 4.90 Å². The summed E-state index contributed by atoms with van der Waals surface area (Å²) < 4.78 is 4.96. The first-order chi connectivity index (χ1) is 15.5. The van der Waals surface area contributed by atoms with Gasteiger partial charge in [-0.25, -0.2) is 9.69 Å². The Morgan fingerprint density at radius 1 is 0.906 bits per heavy atom. The van der Waals surface area contributed by atoms with E-state index in [1.54, 1.807) is 48.2 Å². The molecule has 0 aromatic heterocycles. The smallest absolute Gasteiger partial charge is 0.338 e. The first-order valence-corrected chi connectivity index (χ1v) is 10.7. The molecule has 2 aliphatic heterocycles. The fourth-order valence-corrected chi connectivity index (χ4v) is 4.13. The zero-order chi connectivity index (χ0) is 22.7. The molecule has 0 N–H and O–H groups in total. The molecule has 0 unspecified atom stereocenters. The molecule has 8 heteroatoms. The summed E-state index contributed by atoms with van der Waals surface area (Å²) in [5.74, 6) is -1.02. The maximum Gasteiger partial charge on any atom is 0.338 e. The lowest BCUT2D eigenvalue weighted by Crippen LogP contribution is -2.53. The number of esters is 1. The van der Waals surface area contributed by atoms with Crippen LogP contribution in [0.2, 0.25) is 0 Å². The number of carbonyl (C=O) groups excluding carboxylic acids is 4. The summed E-state index contributed by atoms with van der Waals surface area (Å²) in [6, 6.07) is 14.8. The van der Waals surface area contributed by atoms with Gasteiger partial charge in [0, 0.05) is 31.7 Å². The molecule has 4 rings (SSSR count). The number of amides is 3. The minimum atomic E-state index is -0.541. The highest BCUT2D eigenvalue weighted by molar-refractivity contribution is 6.22. The Morgan fingerprint density at radius 3 is 2.19 bits per heavy atom. The van der Waals surface area contributed by atoms with E-state index in [1.807, 2.05) is 23.1 Å². The minimum Gasteiger partial charge on any atom is -0.462 e. The van der Waals surface area contributed by atoms with Gasteiger partial charge in [0.1, 0.15) is 0 Å². The fourth-order valence-electron chi connectivity index (χ4n) is 4.13. The first kappa shape index (κ1) is 21.7. The summed E-state index contributed by atoms with van der Waals surface area (Å²) in [6.07, 6.45) is 0.102. The van der Waals surface area contributed by atoms with Gasteiger partial charge in [-0.1, -0.05) is 18.2 Å². The van der Waals surface area contributed by atoms with Gasteiger partial charge >= 0.3 is 5.97 Å². The molecular weight excluding hydrogens is 410 g/mol. The second kappa shape index (κ2) is 9.32. The van der Waals surface area contributed by atoms with Crippen molar-refractivity contribution in [3.8, 4) is 0 Å². The summed E-state index contributed by atoms with van der Waals surface area (Å²) in [6.45, 7) is 4.05. The Labute approximate surface area is 186 Å².